The lowest BCUT2D eigenvalue weighted by atomic mass is 9.99. The second-order valence-corrected chi connectivity index (χ2v) is 6.86. The van der Waals surface area contributed by atoms with Gasteiger partial charge in [0.1, 0.15) is 0 Å². The van der Waals surface area contributed by atoms with Gasteiger partial charge in [-0.1, -0.05) is 37.9 Å². The first-order chi connectivity index (χ1) is 10.7. The van der Waals surface area contributed by atoms with E-state index in [0.29, 0.717) is 0 Å². The normalized spacial score (nSPS) is 11.2. The van der Waals surface area contributed by atoms with E-state index in [-0.39, 0.29) is 0 Å². The van der Waals surface area contributed by atoms with Gasteiger partial charge >= 0.3 is 0 Å². The van der Waals surface area contributed by atoms with Crippen LogP contribution in [0.1, 0.15) is 0 Å². The van der Waals surface area contributed by atoms with Crippen molar-refractivity contribution < 1.29 is 0 Å². The largest absolute Gasteiger partial charge is 0.256 e. The van der Waals surface area contributed by atoms with Crippen LogP contribution < -0.4 is 0 Å². The molecular formula is C18H10Br2N2. The van der Waals surface area contributed by atoms with E-state index in [2.05, 4.69) is 49.0 Å². The molecule has 0 bridgehead atoms. The summed E-state index contributed by atoms with van der Waals surface area (Å²) in [5.74, 6) is 0. The first kappa shape index (κ1) is 13.9. The molecular weight excluding hydrogens is 404 g/mol. The lowest BCUT2D eigenvalue weighted by Crippen LogP contribution is -1.91. The van der Waals surface area contributed by atoms with Crippen LogP contribution in [0, 0.1) is 0 Å². The minimum Gasteiger partial charge on any atom is -0.256 e. The summed E-state index contributed by atoms with van der Waals surface area (Å²) in [6.07, 6.45) is 1.82. The number of benzene rings is 2. The zero-order valence-corrected chi connectivity index (χ0v) is 14.6. The molecule has 4 rings (SSSR count). The maximum absolute atomic E-state index is 4.78. The Hall–Kier alpha value is -1.78. The van der Waals surface area contributed by atoms with Gasteiger partial charge < -0.3 is 0 Å². The van der Waals surface area contributed by atoms with Crippen LogP contribution >= 0.6 is 31.9 Å². The Morgan fingerprint density at radius 2 is 1.36 bits per heavy atom. The van der Waals surface area contributed by atoms with Crippen LogP contribution in [-0.2, 0) is 0 Å². The summed E-state index contributed by atoms with van der Waals surface area (Å²) in [6, 6.07) is 18.3. The SMILES string of the molecule is Brc1ccc2nc3ccc(Br)cc3c(-c3ccccn3)c2c1. The first-order valence-electron chi connectivity index (χ1n) is 6.82. The monoisotopic (exact) mass is 412 g/mol. The Balaban J connectivity index is 2.24. The second-order valence-electron chi connectivity index (χ2n) is 5.02. The standard InChI is InChI=1S/C18H10Br2N2/c19-11-4-6-15-13(9-11)18(17-3-1-2-8-21-17)14-10-12(20)5-7-16(14)22-15/h1-10H. The minimum absolute atomic E-state index is 0.955. The highest BCUT2D eigenvalue weighted by Crippen LogP contribution is 2.36. The Labute approximate surface area is 144 Å². The maximum Gasteiger partial charge on any atom is 0.0717 e. The van der Waals surface area contributed by atoms with Crippen LogP contribution in [-0.4, -0.2) is 9.97 Å². The fourth-order valence-corrected chi connectivity index (χ4v) is 3.40. The number of nitrogens with zero attached hydrogens (tertiary/aromatic N) is 2. The number of hydrogen-bond donors (Lipinski definition) is 0. The molecule has 4 heteroatoms. The molecule has 0 saturated heterocycles. The summed E-state index contributed by atoms with van der Waals surface area (Å²) in [7, 11) is 0. The zero-order valence-electron chi connectivity index (χ0n) is 11.4. The lowest BCUT2D eigenvalue weighted by Gasteiger charge is -2.11. The van der Waals surface area contributed by atoms with Gasteiger partial charge in [0.15, 0.2) is 0 Å². The Bertz CT molecular complexity index is 938. The van der Waals surface area contributed by atoms with Gasteiger partial charge in [0.25, 0.3) is 0 Å². The van der Waals surface area contributed by atoms with E-state index in [1.54, 1.807) is 0 Å². The summed E-state index contributed by atoms with van der Waals surface area (Å²) in [6.45, 7) is 0. The summed E-state index contributed by atoms with van der Waals surface area (Å²) in [5.41, 5.74) is 4.01. The van der Waals surface area contributed by atoms with E-state index in [9.17, 15) is 0 Å². The third-order valence-electron chi connectivity index (χ3n) is 3.62. The molecule has 0 atom stereocenters. The molecule has 2 heterocycles. The van der Waals surface area contributed by atoms with Gasteiger partial charge in [-0.05, 0) is 48.5 Å². The van der Waals surface area contributed by atoms with Crippen molar-refractivity contribution >= 4 is 53.7 Å². The third kappa shape index (κ3) is 2.32. The summed E-state index contributed by atoms with van der Waals surface area (Å²) in [4.78, 5) is 9.33. The molecule has 0 radical (unpaired) electrons. The minimum atomic E-state index is 0.955. The van der Waals surface area contributed by atoms with E-state index in [1.165, 1.54) is 0 Å². The van der Waals surface area contributed by atoms with Gasteiger partial charge in [-0.25, -0.2) is 4.98 Å². The van der Waals surface area contributed by atoms with Crippen LogP contribution in [0.3, 0.4) is 0 Å². The topological polar surface area (TPSA) is 25.8 Å². The number of aromatic nitrogens is 2. The summed E-state index contributed by atoms with van der Waals surface area (Å²) in [5, 5.41) is 2.19. The fraction of sp³-hybridized carbons (Fsp3) is 0. The smallest absolute Gasteiger partial charge is 0.0717 e. The van der Waals surface area contributed by atoms with Gasteiger partial charge in [-0.3, -0.25) is 4.98 Å². The van der Waals surface area contributed by atoms with Gasteiger partial charge in [0.2, 0.25) is 0 Å². The van der Waals surface area contributed by atoms with E-state index >= 15 is 0 Å². The summed E-state index contributed by atoms with van der Waals surface area (Å²) >= 11 is 7.12. The molecule has 106 valence electrons. The first-order valence-corrected chi connectivity index (χ1v) is 8.41. The molecule has 0 N–H and O–H groups in total. The zero-order chi connectivity index (χ0) is 15.1. The van der Waals surface area contributed by atoms with Gasteiger partial charge in [-0.15, -0.1) is 0 Å². The highest BCUT2D eigenvalue weighted by molar-refractivity contribution is 9.10. The molecule has 2 nitrogen and oxygen atoms in total. The Morgan fingerprint density at radius 1 is 0.727 bits per heavy atom. The number of pyridine rings is 2. The van der Waals surface area contributed by atoms with Crippen molar-refractivity contribution in [2.45, 2.75) is 0 Å². The molecule has 0 amide bonds. The van der Waals surface area contributed by atoms with Crippen LogP contribution in [0.15, 0.2) is 69.7 Å². The number of rotatable bonds is 1. The number of hydrogen-bond acceptors (Lipinski definition) is 2. The molecule has 0 unspecified atom stereocenters. The second kappa shape index (κ2) is 5.45. The van der Waals surface area contributed by atoms with Crippen molar-refractivity contribution in [3.05, 3.63) is 69.7 Å². The molecule has 0 aliphatic rings. The Kier molecular flexibility index (Phi) is 3.43. The van der Waals surface area contributed by atoms with Crippen molar-refractivity contribution in [2.24, 2.45) is 0 Å². The molecule has 0 fully saturated rings. The molecule has 2 aromatic heterocycles. The highest BCUT2D eigenvalue weighted by atomic mass is 79.9. The van der Waals surface area contributed by atoms with Crippen molar-refractivity contribution in [3.63, 3.8) is 0 Å². The molecule has 0 aliphatic heterocycles. The predicted octanol–water partition coefficient (Wildman–Crippen LogP) is 5.98. The van der Waals surface area contributed by atoms with Gasteiger partial charge in [0.05, 0.1) is 16.7 Å². The van der Waals surface area contributed by atoms with Crippen LogP contribution in [0.4, 0.5) is 0 Å². The summed E-state index contributed by atoms with van der Waals surface area (Å²) < 4.78 is 2.07. The fourth-order valence-electron chi connectivity index (χ4n) is 2.67. The van der Waals surface area contributed by atoms with Crippen LogP contribution in [0.2, 0.25) is 0 Å². The molecule has 0 saturated carbocycles. The van der Waals surface area contributed by atoms with E-state index in [0.717, 1.165) is 42.0 Å². The lowest BCUT2D eigenvalue weighted by molar-refractivity contribution is 1.33. The molecule has 0 aliphatic carbocycles. The van der Waals surface area contributed by atoms with Gasteiger partial charge in [-0.2, -0.15) is 0 Å². The van der Waals surface area contributed by atoms with Crippen LogP contribution in [0.25, 0.3) is 33.1 Å². The van der Waals surface area contributed by atoms with Crippen molar-refractivity contribution in [1.29, 1.82) is 0 Å². The van der Waals surface area contributed by atoms with Crippen molar-refractivity contribution in [3.8, 4) is 11.3 Å². The Morgan fingerprint density at radius 3 is 1.91 bits per heavy atom. The molecule has 22 heavy (non-hydrogen) atoms. The number of fused-ring (bicyclic) bond motifs is 2. The molecule has 4 aromatic rings. The van der Waals surface area contributed by atoms with Crippen molar-refractivity contribution in [1.82, 2.24) is 9.97 Å². The quantitative estimate of drug-likeness (QED) is 0.359. The third-order valence-corrected chi connectivity index (χ3v) is 4.60. The van der Waals surface area contributed by atoms with Gasteiger partial charge in [0, 0.05) is 31.5 Å². The highest BCUT2D eigenvalue weighted by Gasteiger charge is 2.12. The predicted molar refractivity (Wildman–Crippen MR) is 97.9 cm³/mol. The van der Waals surface area contributed by atoms with E-state index in [1.807, 2.05) is 48.7 Å². The molecule has 2 aromatic carbocycles. The average Bonchev–Trinajstić information content (AvgIpc) is 2.54. The van der Waals surface area contributed by atoms with Crippen molar-refractivity contribution in [2.75, 3.05) is 0 Å². The van der Waals surface area contributed by atoms with E-state index < -0.39 is 0 Å². The van der Waals surface area contributed by atoms with Crippen LogP contribution in [0.5, 0.6) is 0 Å². The molecule has 0 spiro atoms. The van der Waals surface area contributed by atoms with E-state index in [4.69, 9.17) is 4.98 Å². The number of halogens is 2. The average molecular weight is 414 g/mol. The maximum atomic E-state index is 4.78.